The minimum Gasteiger partial charge on any atom is -0.497 e. The number of methoxy groups -OCH3 is 3. The van der Waals surface area contributed by atoms with Crippen molar-refractivity contribution in [2.45, 2.75) is 69.3 Å². The van der Waals surface area contributed by atoms with E-state index in [4.69, 9.17) is 45.4 Å². The van der Waals surface area contributed by atoms with Gasteiger partial charge in [-0.1, -0.05) is 11.8 Å². The molecule has 0 radical (unpaired) electrons. The number of carbonyl (C=O) groups excluding carboxylic acids is 1. The summed E-state index contributed by atoms with van der Waals surface area (Å²) in [7, 11) is 4.71. The Kier molecular flexibility index (Phi) is 8.99. The first-order valence-corrected chi connectivity index (χ1v) is 12.1. The molecule has 0 aromatic heterocycles. The van der Waals surface area contributed by atoms with Gasteiger partial charge in [-0.3, -0.25) is 4.79 Å². The van der Waals surface area contributed by atoms with Crippen molar-refractivity contribution in [2.24, 2.45) is 0 Å². The van der Waals surface area contributed by atoms with E-state index in [1.807, 2.05) is 20.8 Å². The van der Waals surface area contributed by atoms with Gasteiger partial charge in [-0.15, -0.1) is 0 Å². The topological polar surface area (TPSA) is 81.7 Å². The number of fused-ring (bicyclic) bond motifs is 1. The van der Waals surface area contributed by atoms with Gasteiger partial charge in [0.25, 0.3) is 0 Å². The Morgan fingerprint density at radius 3 is 2.61 bits per heavy atom. The molecule has 10 heteroatoms. The molecule has 8 nitrogen and oxygen atoms in total. The SMILES string of the molecule is CCOC(=S)SC(CCC(=O)c1cc(OC)ccc1OC)[C@H]1O[C@@H]2OC(C)(C)O[C@@H]2[C@H]1OC. The second kappa shape index (κ2) is 11.3. The fourth-order valence-electron chi connectivity index (χ4n) is 4.08. The third-order valence-corrected chi connectivity index (χ3v) is 7.06. The molecule has 2 heterocycles. The Labute approximate surface area is 204 Å². The average molecular weight is 501 g/mol. The van der Waals surface area contributed by atoms with Crippen molar-refractivity contribution in [1.29, 1.82) is 0 Å². The lowest BCUT2D eigenvalue weighted by molar-refractivity contribution is -0.216. The third kappa shape index (κ3) is 6.17. The molecule has 1 aromatic carbocycles. The summed E-state index contributed by atoms with van der Waals surface area (Å²) in [6.07, 6.45) is -0.968. The minimum absolute atomic E-state index is 0.0699. The van der Waals surface area contributed by atoms with Crippen molar-refractivity contribution < 1.29 is 38.0 Å². The van der Waals surface area contributed by atoms with E-state index in [1.54, 1.807) is 32.4 Å². The van der Waals surface area contributed by atoms with Crippen molar-refractivity contribution in [2.75, 3.05) is 27.9 Å². The summed E-state index contributed by atoms with van der Waals surface area (Å²) in [5.41, 5.74) is 0.467. The van der Waals surface area contributed by atoms with Crippen LogP contribution in [0.25, 0.3) is 0 Å². The molecule has 5 atom stereocenters. The minimum atomic E-state index is -0.751. The van der Waals surface area contributed by atoms with Crippen LogP contribution in [-0.2, 0) is 23.7 Å². The summed E-state index contributed by atoms with van der Waals surface area (Å²) in [4.78, 5) is 13.1. The number of Topliss-reactive ketones (excluding diaryl/α,β-unsaturated/α-hetero) is 1. The van der Waals surface area contributed by atoms with Crippen molar-refractivity contribution in [3.05, 3.63) is 23.8 Å². The van der Waals surface area contributed by atoms with Gasteiger partial charge < -0.3 is 33.2 Å². The van der Waals surface area contributed by atoms with Gasteiger partial charge in [-0.25, -0.2) is 0 Å². The molecule has 0 spiro atoms. The number of rotatable bonds is 10. The summed E-state index contributed by atoms with van der Waals surface area (Å²) in [6.45, 7) is 6.02. The highest BCUT2D eigenvalue weighted by Crippen LogP contribution is 2.42. The standard InChI is InChI=1S/C23H32O8S2/c1-7-28-22(32)33-17(18-19(27-6)20-21(29-18)31-23(2,3)30-20)11-9-15(24)14-12-13(25-4)8-10-16(14)26-5/h8,10,12,17-21H,7,9,11H2,1-6H3/t17?,18-,19+,20-,21-/m1/s1. The van der Waals surface area contributed by atoms with Gasteiger partial charge in [0, 0.05) is 18.8 Å². The molecule has 184 valence electrons. The molecule has 0 N–H and O–H groups in total. The van der Waals surface area contributed by atoms with Crippen molar-refractivity contribution in [3.8, 4) is 11.5 Å². The molecular weight excluding hydrogens is 468 g/mol. The van der Waals surface area contributed by atoms with Crippen LogP contribution in [0.5, 0.6) is 11.5 Å². The largest absolute Gasteiger partial charge is 0.497 e. The predicted octanol–water partition coefficient (Wildman–Crippen LogP) is 3.98. The first kappa shape index (κ1) is 26.2. The number of thioether (sulfide) groups is 1. The maximum atomic E-state index is 13.1. The first-order valence-electron chi connectivity index (χ1n) is 10.9. The lowest BCUT2D eigenvalue weighted by Gasteiger charge is -2.30. The number of ketones is 1. The van der Waals surface area contributed by atoms with Crippen molar-refractivity contribution >= 4 is 34.1 Å². The highest BCUT2D eigenvalue weighted by molar-refractivity contribution is 8.23. The summed E-state index contributed by atoms with van der Waals surface area (Å²) in [5.74, 6) is 0.268. The Bertz CT molecular complexity index is 846. The Hall–Kier alpha value is -1.43. The van der Waals surface area contributed by atoms with Gasteiger partial charge >= 0.3 is 0 Å². The molecular formula is C23H32O8S2. The molecule has 2 saturated heterocycles. The van der Waals surface area contributed by atoms with Crippen LogP contribution in [0, 0.1) is 0 Å². The van der Waals surface area contributed by atoms with Crippen molar-refractivity contribution in [3.63, 3.8) is 0 Å². The van der Waals surface area contributed by atoms with Gasteiger partial charge in [0.15, 0.2) is 17.9 Å². The van der Waals surface area contributed by atoms with Gasteiger partial charge in [0.2, 0.25) is 4.38 Å². The molecule has 2 fully saturated rings. The van der Waals surface area contributed by atoms with E-state index in [-0.39, 0.29) is 29.7 Å². The fourth-order valence-corrected chi connectivity index (χ4v) is 5.59. The van der Waals surface area contributed by atoms with Crippen LogP contribution >= 0.6 is 24.0 Å². The summed E-state index contributed by atoms with van der Waals surface area (Å²) < 4.78 is 40.4. The Balaban J connectivity index is 1.77. The maximum absolute atomic E-state index is 13.1. The van der Waals surface area contributed by atoms with Crippen LogP contribution < -0.4 is 9.47 Å². The molecule has 1 aromatic rings. The molecule has 33 heavy (non-hydrogen) atoms. The molecule has 1 unspecified atom stereocenters. The van der Waals surface area contributed by atoms with E-state index in [9.17, 15) is 4.79 Å². The van der Waals surface area contributed by atoms with Crippen LogP contribution in [0.15, 0.2) is 18.2 Å². The molecule has 0 bridgehead atoms. The zero-order chi connectivity index (χ0) is 24.2. The molecule has 2 aliphatic rings. The second-order valence-electron chi connectivity index (χ2n) is 8.14. The maximum Gasteiger partial charge on any atom is 0.220 e. The summed E-state index contributed by atoms with van der Waals surface area (Å²) in [5, 5.41) is -0.213. The van der Waals surface area contributed by atoms with E-state index >= 15 is 0 Å². The normalized spacial score (nSPS) is 26.5. The molecule has 0 saturated carbocycles. The van der Waals surface area contributed by atoms with E-state index in [0.717, 1.165) is 0 Å². The predicted molar refractivity (Wildman–Crippen MR) is 128 cm³/mol. The number of thiocarbonyl (C=S) groups is 1. The number of carbonyl (C=O) groups is 1. The quantitative estimate of drug-likeness (QED) is 0.347. The van der Waals surface area contributed by atoms with Crippen molar-refractivity contribution in [1.82, 2.24) is 0 Å². The number of ether oxygens (including phenoxy) is 7. The molecule has 0 aliphatic carbocycles. The van der Waals surface area contributed by atoms with Crippen LogP contribution in [-0.4, -0.2) is 73.7 Å². The van der Waals surface area contributed by atoms with Crippen LogP contribution in [0.1, 0.15) is 44.0 Å². The lowest BCUT2D eigenvalue weighted by atomic mass is 10.00. The third-order valence-electron chi connectivity index (χ3n) is 5.54. The van der Waals surface area contributed by atoms with Gasteiger partial charge in [-0.05, 0) is 57.6 Å². The van der Waals surface area contributed by atoms with Gasteiger partial charge in [0.05, 0.1) is 26.4 Å². The summed E-state index contributed by atoms with van der Waals surface area (Å²) >= 11 is 6.75. The molecule has 2 aliphatic heterocycles. The van der Waals surface area contributed by atoms with Crippen LogP contribution in [0.4, 0.5) is 0 Å². The lowest BCUT2D eigenvalue weighted by Crippen LogP contribution is -2.41. The summed E-state index contributed by atoms with van der Waals surface area (Å²) in [6, 6.07) is 5.16. The first-order chi connectivity index (χ1) is 15.7. The molecule has 0 amide bonds. The zero-order valence-corrected chi connectivity index (χ0v) is 21.5. The van der Waals surface area contributed by atoms with Crippen LogP contribution in [0.2, 0.25) is 0 Å². The number of hydrogen-bond donors (Lipinski definition) is 0. The molecule has 3 rings (SSSR count). The van der Waals surface area contributed by atoms with E-state index in [2.05, 4.69) is 0 Å². The number of hydrogen-bond acceptors (Lipinski definition) is 10. The highest BCUT2D eigenvalue weighted by atomic mass is 32.2. The van der Waals surface area contributed by atoms with E-state index in [0.29, 0.717) is 34.5 Å². The van der Waals surface area contributed by atoms with Gasteiger partial charge in [0.1, 0.15) is 29.8 Å². The Morgan fingerprint density at radius 1 is 1.21 bits per heavy atom. The monoisotopic (exact) mass is 500 g/mol. The second-order valence-corrected chi connectivity index (χ2v) is 9.98. The number of benzene rings is 1. The zero-order valence-electron chi connectivity index (χ0n) is 19.8. The van der Waals surface area contributed by atoms with Crippen LogP contribution in [0.3, 0.4) is 0 Å². The van der Waals surface area contributed by atoms with E-state index in [1.165, 1.54) is 18.9 Å². The Morgan fingerprint density at radius 2 is 1.97 bits per heavy atom. The van der Waals surface area contributed by atoms with Gasteiger partial charge in [-0.2, -0.15) is 0 Å². The fraction of sp³-hybridized carbons (Fsp3) is 0.652. The smallest absolute Gasteiger partial charge is 0.220 e. The van der Waals surface area contributed by atoms with E-state index < -0.39 is 18.2 Å². The average Bonchev–Trinajstić information content (AvgIpc) is 3.27. The highest BCUT2D eigenvalue weighted by Gasteiger charge is 2.57.